The lowest BCUT2D eigenvalue weighted by atomic mass is 10.4. The van der Waals surface area contributed by atoms with Gasteiger partial charge in [0.25, 0.3) is 10.0 Å². The van der Waals surface area contributed by atoms with Crippen LogP contribution in [0.2, 0.25) is 0 Å². The summed E-state index contributed by atoms with van der Waals surface area (Å²) in [5.41, 5.74) is 0.527. The van der Waals surface area contributed by atoms with Crippen LogP contribution in [0.3, 0.4) is 0 Å². The molecule has 0 aromatic carbocycles. The third-order valence-corrected chi connectivity index (χ3v) is 3.89. The fourth-order valence-corrected chi connectivity index (χ4v) is 2.69. The standard InChI is InChI=1S/C10H12N4O4S/c1-6-4-11-12-9(6)13-19(17,18)7-3-8(10(15)16)14(2)5-7/h3-5H,1-2H3,(H,15,16)(H2,11,12,13). The lowest BCUT2D eigenvalue weighted by Gasteiger charge is -2.04. The first kappa shape index (κ1) is 13.1. The SMILES string of the molecule is Cc1cn[nH]c1NS(=O)(=O)c1cc(C(=O)O)n(C)c1. The zero-order valence-corrected chi connectivity index (χ0v) is 11.0. The highest BCUT2D eigenvalue weighted by molar-refractivity contribution is 7.92. The fraction of sp³-hybridized carbons (Fsp3) is 0.200. The van der Waals surface area contributed by atoms with Crippen LogP contribution in [0.15, 0.2) is 23.4 Å². The monoisotopic (exact) mass is 284 g/mol. The van der Waals surface area contributed by atoms with Gasteiger partial charge in [0.1, 0.15) is 16.4 Å². The van der Waals surface area contributed by atoms with Crippen LogP contribution in [-0.4, -0.2) is 34.3 Å². The highest BCUT2D eigenvalue weighted by Gasteiger charge is 2.21. The number of nitrogens with one attached hydrogen (secondary N) is 2. The fourth-order valence-electron chi connectivity index (χ4n) is 1.54. The van der Waals surface area contributed by atoms with Gasteiger partial charge in [-0.05, 0) is 13.0 Å². The van der Waals surface area contributed by atoms with E-state index in [1.54, 1.807) is 6.92 Å². The smallest absolute Gasteiger partial charge is 0.352 e. The summed E-state index contributed by atoms with van der Waals surface area (Å²) in [6.07, 6.45) is 2.71. The largest absolute Gasteiger partial charge is 0.477 e. The normalized spacial score (nSPS) is 11.5. The van der Waals surface area contributed by atoms with E-state index in [1.165, 1.54) is 24.0 Å². The minimum Gasteiger partial charge on any atom is -0.477 e. The number of aromatic amines is 1. The molecule has 2 heterocycles. The molecule has 8 nitrogen and oxygen atoms in total. The quantitative estimate of drug-likeness (QED) is 0.758. The molecule has 0 amide bonds. The Kier molecular flexibility index (Phi) is 3.06. The van der Waals surface area contributed by atoms with E-state index >= 15 is 0 Å². The molecule has 0 bridgehead atoms. The minimum atomic E-state index is -3.85. The molecule has 0 atom stereocenters. The van der Waals surface area contributed by atoms with Crippen molar-refractivity contribution < 1.29 is 18.3 Å². The second-order valence-corrected chi connectivity index (χ2v) is 5.69. The number of aryl methyl sites for hydroxylation is 2. The second kappa shape index (κ2) is 4.43. The molecule has 2 aromatic heterocycles. The van der Waals surface area contributed by atoms with Gasteiger partial charge in [-0.2, -0.15) is 5.10 Å². The Balaban J connectivity index is 2.38. The summed E-state index contributed by atoms with van der Waals surface area (Å²) >= 11 is 0. The zero-order chi connectivity index (χ0) is 14.2. The van der Waals surface area contributed by atoms with Crippen molar-refractivity contribution in [1.29, 1.82) is 0 Å². The molecule has 0 saturated carbocycles. The van der Waals surface area contributed by atoms with E-state index < -0.39 is 16.0 Å². The summed E-state index contributed by atoms with van der Waals surface area (Å²) in [7, 11) is -2.38. The highest BCUT2D eigenvalue weighted by Crippen LogP contribution is 2.18. The van der Waals surface area contributed by atoms with Gasteiger partial charge in [-0.15, -0.1) is 0 Å². The van der Waals surface area contributed by atoms with Gasteiger partial charge in [0.15, 0.2) is 0 Å². The molecule has 0 unspecified atom stereocenters. The third kappa shape index (κ3) is 2.45. The van der Waals surface area contributed by atoms with Crippen LogP contribution in [0, 0.1) is 6.92 Å². The van der Waals surface area contributed by atoms with E-state index in [-0.39, 0.29) is 16.4 Å². The topological polar surface area (TPSA) is 117 Å². The van der Waals surface area contributed by atoms with E-state index in [1.807, 2.05) is 0 Å². The molecule has 2 aromatic rings. The number of aromatic nitrogens is 3. The van der Waals surface area contributed by atoms with Crippen molar-refractivity contribution in [3.63, 3.8) is 0 Å². The number of aromatic carboxylic acids is 1. The summed E-state index contributed by atoms with van der Waals surface area (Å²) in [5, 5.41) is 15.1. The van der Waals surface area contributed by atoms with Gasteiger partial charge in [0.05, 0.1) is 6.20 Å². The molecule has 0 aliphatic carbocycles. The van der Waals surface area contributed by atoms with Gasteiger partial charge in [-0.1, -0.05) is 0 Å². The molecule has 0 aliphatic rings. The Morgan fingerprint density at radius 3 is 2.68 bits per heavy atom. The first-order chi connectivity index (χ1) is 8.81. The van der Waals surface area contributed by atoms with E-state index in [0.717, 1.165) is 6.07 Å². The molecule has 0 aliphatic heterocycles. The summed E-state index contributed by atoms with van der Waals surface area (Å²) in [6.45, 7) is 1.69. The number of sulfonamides is 1. The van der Waals surface area contributed by atoms with Crippen molar-refractivity contribution in [1.82, 2.24) is 14.8 Å². The highest BCUT2D eigenvalue weighted by atomic mass is 32.2. The Morgan fingerprint density at radius 2 is 2.21 bits per heavy atom. The second-order valence-electron chi connectivity index (χ2n) is 4.01. The van der Waals surface area contributed by atoms with Gasteiger partial charge in [-0.3, -0.25) is 9.82 Å². The number of hydrogen-bond acceptors (Lipinski definition) is 4. The van der Waals surface area contributed by atoms with E-state index in [0.29, 0.717) is 5.56 Å². The predicted molar refractivity (Wildman–Crippen MR) is 66.5 cm³/mol. The number of rotatable bonds is 4. The molecule has 0 radical (unpaired) electrons. The van der Waals surface area contributed by atoms with Crippen molar-refractivity contribution in [3.05, 3.63) is 29.7 Å². The molecule has 102 valence electrons. The van der Waals surface area contributed by atoms with E-state index in [9.17, 15) is 13.2 Å². The molecule has 0 spiro atoms. The zero-order valence-electron chi connectivity index (χ0n) is 10.2. The van der Waals surface area contributed by atoms with Gasteiger partial charge >= 0.3 is 5.97 Å². The minimum absolute atomic E-state index is 0.110. The Bertz CT molecular complexity index is 729. The van der Waals surface area contributed by atoms with Crippen molar-refractivity contribution in [2.45, 2.75) is 11.8 Å². The third-order valence-electron chi connectivity index (χ3n) is 2.57. The summed E-state index contributed by atoms with van der Waals surface area (Å²) in [4.78, 5) is 10.8. The number of carboxylic acid groups (broad SMARTS) is 1. The molecule has 19 heavy (non-hydrogen) atoms. The molecule has 0 saturated heterocycles. The number of carboxylic acids is 1. The Hall–Kier alpha value is -2.29. The van der Waals surface area contributed by atoms with Crippen molar-refractivity contribution >= 4 is 21.8 Å². The maximum Gasteiger partial charge on any atom is 0.352 e. The molecular formula is C10H12N4O4S. The number of H-pyrrole nitrogens is 1. The van der Waals surface area contributed by atoms with Crippen LogP contribution in [0.1, 0.15) is 16.1 Å². The van der Waals surface area contributed by atoms with Crippen LogP contribution in [-0.2, 0) is 17.1 Å². The molecular weight excluding hydrogens is 272 g/mol. The van der Waals surface area contributed by atoms with Gasteiger partial charge in [0.2, 0.25) is 0 Å². The number of nitrogens with zero attached hydrogens (tertiary/aromatic N) is 2. The molecule has 0 fully saturated rings. The molecule has 9 heteroatoms. The van der Waals surface area contributed by atoms with Crippen molar-refractivity contribution in [3.8, 4) is 0 Å². The van der Waals surface area contributed by atoms with Crippen LogP contribution in [0.25, 0.3) is 0 Å². The lowest BCUT2D eigenvalue weighted by Crippen LogP contribution is -2.13. The van der Waals surface area contributed by atoms with Crippen LogP contribution in [0.5, 0.6) is 0 Å². The van der Waals surface area contributed by atoms with Gasteiger partial charge < -0.3 is 9.67 Å². The number of hydrogen-bond donors (Lipinski definition) is 3. The van der Waals surface area contributed by atoms with Crippen LogP contribution >= 0.6 is 0 Å². The summed E-state index contributed by atoms with van der Waals surface area (Å²) < 4.78 is 27.7. The van der Waals surface area contributed by atoms with Crippen LogP contribution < -0.4 is 4.72 Å². The summed E-state index contributed by atoms with van der Waals surface area (Å²) in [5.74, 6) is -0.942. The molecule has 3 N–H and O–H groups in total. The number of anilines is 1. The Morgan fingerprint density at radius 1 is 1.53 bits per heavy atom. The number of carbonyl (C=O) groups is 1. The predicted octanol–water partition coefficient (Wildman–Crippen LogP) is 0.556. The molecule has 2 rings (SSSR count). The maximum absolute atomic E-state index is 12.1. The van der Waals surface area contributed by atoms with Gasteiger partial charge in [0, 0.05) is 18.8 Å². The lowest BCUT2D eigenvalue weighted by molar-refractivity contribution is 0.0686. The Labute approximate surface area is 109 Å². The summed E-state index contributed by atoms with van der Waals surface area (Å²) in [6, 6.07) is 1.09. The first-order valence-electron chi connectivity index (χ1n) is 5.23. The first-order valence-corrected chi connectivity index (χ1v) is 6.72. The van der Waals surface area contributed by atoms with Crippen molar-refractivity contribution in [2.75, 3.05) is 4.72 Å². The van der Waals surface area contributed by atoms with Crippen molar-refractivity contribution in [2.24, 2.45) is 7.05 Å². The van der Waals surface area contributed by atoms with Crippen LogP contribution in [0.4, 0.5) is 5.82 Å². The maximum atomic E-state index is 12.1. The van der Waals surface area contributed by atoms with Gasteiger partial charge in [-0.25, -0.2) is 13.2 Å². The van der Waals surface area contributed by atoms with E-state index in [4.69, 9.17) is 5.11 Å². The van der Waals surface area contributed by atoms with E-state index in [2.05, 4.69) is 14.9 Å². The average Bonchev–Trinajstić information content (AvgIpc) is 2.86. The average molecular weight is 284 g/mol.